The molecule has 2 aromatic carbocycles. The molecule has 1 aliphatic carbocycles. The number of benzene rings is 2. The van der Waals surface area contributed by atoms with Gasteiger partial charge < -0.3 is 10.6 Å². The first kappa shape index (κ1) is 18.8. The molecule has 0 saturated heterocycles. The van der Waals surface area contributed by atoms with Gasteiger partial charge >= 0.3 is 6.18 Å². The number of anilines is 2. The predicted octanol–water partition coefficient (Wildman–Crippen LogP) is 4.20. The molecule has 9 heteroatoms. The molecule has 0 bridgehead atoms. The Bertz CT molecular complexity index is 898. The number of carbonyl (C=O) groups is 2. The summed E-state index contributed by atoms with van der Waals surface area (Å²) in [6.07, 6.45) is -4.51. The molecule has 2 N–H and O–H groups in total. The SMILES string of the molecule is O=C(Nc1ccc(F)cc1F)C1CC1C(=O)Nc1ccccc1C(F)(F)F. The predicted molar refractivity (Wildman–Crippen MR) is 86.7 cm³/mol. The summed E-state index contributed by atoms with van der Waals surface area (Å²) < 4.78 is 65.3. The van der Waals surface area contributed by atoms with Gasteiger partial charge in [0, 0.05) is 6.07 Å². The minimum Gasteiger partial charge on any atom is -0.325 e. The summed E-state index contributed by atoms with van der Waals surface area (Å²) in [6.45, 7) is 0. The lowest BCUT2D eigenvalue weighted by Gasteiger charge is -2.13. The van der Waals surface area contributed by atoms with Gasteiger partial charge in [0.15, 0.2) is 0 Å². The molecular formula is C18H13F5N2O2. The Morgan fingerprint density at radius 3 is 2.07 bits per heavy atom. The lowest BCUT2D eigenvalue weighted by atomic mass is 10.1. The fourth-order valence-corrected chi connectivity index (χ4v) is 2.66. The highest BCUT2D eigenvalue weighted by Gasteiger charge is 2.48. The van der Waals surface area contributed by atoms with Gasteiger partial charge in [-0.05, 0) is 30.7 Å². The minimum absolute atomic E-state index is 0.120. The van der Waals surface area contributed by atoms with Crippen molar-refractivity contribution in [3.05, 3.63) is 59.7 Å². The Labute approximate surface area is 150 Å². The number of carbonyl (C=O) groups excluding carboxylic acids is 2. The maximum Gasteiger partial charge on any atom is 0.418 e. The topological polar surface area (TPSA) is 58.2 Å². The van der Waals surface area contributed by atoms with Crippen molar-refractivity contribution in [3.63, 3.8) is 0 Å². The van der Waals surface area contributed by atoms with Crippen LogP contribution in [-0.4, -0.2) is 11.8 Å². The zero-order chi connectivity index (χ0) is 19.8. The van der Waals surface area contributed by atoms with Gasteiger partial charge in [-0.3, -0.25) is 9.59 Å². The van der Waals surface area contributed by atoms with E-state index in [-0.39, 0.29) is 12.1 Å². The van der Waals surface area contributed by atoms with Crippen LogP contribution >= 0.6 is 0 Å². The van der Waals surface area contributed by atoms with Crippen LogP contribution in [0.15, 0.2) is 42.5 Å². The molecule has 0 heterocycles. The molecule has 0 spiro atoms. The third-order valence-electron chi connectivity index (χ3n) is 4.14. The minimum atomic E-state index is -4.63. The molecule has 0 aromatic heterocycles. The average Bonchev–Trinajstić information content (AvgIpc) is 3.38. The van der Waals surface area contributed by atoms with E-state index in [2.05, 4.69) is 10.6 Å². The molecule has 1 saturated carbocycles. The largest absolute Gasteiger partial charge is 0.418 e. The van der Waals surface area contributed by atoms with E-state index >= 15 is 0 Å². The van der Waals surface area contributed by atoms with Gasteiger partial charge in [-0.2, -0.15) is 13.2 Å². The lowest BCUT2D eigenvalue weighted by molar-refractivity contribution is -0.137. The first-order valence-electron chi connectivity index (χ1n) is 7.90. The van der Waals surface area contributed by atoms with Crippen LogP contribution in [0.5, 0.6) is 0 Å². The highest BCUT2D eigenvalue weighted by Crippen LogP contribution is 2.41. The van der Waals surface area contributed by atoms with Gasteiger partial charge in [-0.1, -0.05) is 12.1 Å². The van der Waals surface area contributed by atoms with E-state index in [0.717, 1.165) is 24.3 Å². The van der Waals surface area contributed by atoms with Crippen LogP contribution in [0.3, 0.4) is 0 Å². The molecule has 2 unspecified atom stereocenters. The number of rotatable bonds is 4. The van der Waals surface area contributed by atoms with Crippen LogP contribution in [-0.2, 0) is 15.8 Å². The van der Waals surface area contributed by atoms with Crippen LogP contribution in [0.1, 0.15) is 12.0 Å². The van der Waals surface area contributed by atoms with Crippen molar-refractivity contribution >= 4 is 23.2 Å². The normalized spacial score (nSPS) is 18.7. The lowest BCUT2D eigenvalue weighted by Crippen LogP contribution is -2.22. The van der Waals surface area contributed by atoms with E-state index in [9.17, 15) is 31.5 Å². The first-order chi connectivity index (χ1) is 12.7. The Morgan fingerprint density at radius 1 is 0.889 bits per heavy atom. The fourth-order valence-electron chi connectivity index (χ4n) is 2.66. The van der Waals surface area contributed by atoms with Gasteiger partial charge in [0.05, 0.1) is 28.8 Å². The summed E-state index contributed by atoms with van der Waals surface area (Å²) in [6, 6.07) is 7.10. The molecule has 2 amide bonds. The van der Waals surface area contributed by atoms with Crippen LogP contribution < -0.4 is 10.6 Å². The molecule has 4 nitrogen and oxygen atoms in total. The summed E-state index contributed by atoms with van der Waals surface area (Å²) in [5.41, 5.74) is -1.63. The smallest absolute Gasteiger partial charge is 0.325 e. The molecule has 1 fully saturated rings. The molecule has 1 aliphatic rings. The number of nitrogens with one attached hydrogen (secondary N) is 2. The standard InChI is InChI=1S/C18H13F5N2O2/c19-9-5-6-15(13(20)7-9)25-17(27)11-8-10(11)16(26)24-14-4-2-1-3-12(14)18(21,22)23/h1-7,10-11H,8H2,(H,24,26)(H,25,27). The summed E-state index contributed by atoms with van der Waals surface area (Å²) in [7, 11) is 0. The molecule has 3 rings (SSSR count). The van der Waals surface area contributed by atoms with Crippen LogP contribution in [0, 0.1) is 23.5 Å². The number of halogens is 5. The Hall–Kier alpha value is -2.97. The molecule has 0 aliphatic heterocycles. The fraction of sp³-hybridized carbons (Fsp3) is 0.222. The molecule has 2 atom stereocenters. The average molecular weight is 384 g/mol. The van der Waals surface area contributed by atoms with E-state index in [1.165, 1.54) is 12.1 Å². The van der Waals surface area contributed by atoms with E-state index < -0.39 is 52.7 Å². The number of hydrogen-bond donors (Lipinski definition) is 2. The van der Waals surface area contributed by atoms with Gasteiger partial charge in [-0.15, -0.1) is 0 Å². The number of amides is 2. The Balaban J connectivity index is 1.63. The quantitative estimate of drug-likeness (QED) is 0.777. The van der Waals surface area contributed by atoms with Gasteiger partial charge in [-0.25, -0.2) is 8.78 Å². The van der Waals surface area contributed by atoms with Crippen LogP contribution in [0.2, 0.25) is 0 Å². The van der Waals surface area contributed by atoms with E-state index in [4.69, 9.17) is 0 Å². The van der Waals surface area contributed by atoms with Crippen molar-refractivity contribution in [2.75, 3.05) is 10.6 Å². The zero-order valence-corrected chi connectivity index (χ0v) is 13.6. The van der Waals surface area contributed by atoms with E-state index in [0.29, 0.717) is 6.07 Å². The maximum atomic E-state index is 13.6. The molecular weight excluding hydrogens is 371 g/mol. The molecule has 2 aromatic rings. The van der Waals surface area contributed by atoms with Crippen LogP contribution in [0.4, 0.5) is 33.3 Å². The monoisotopic (exact) mass is 384 g/mol. The highest BCUT2D eigenvalue weighted by molar-refractivity contribution is 6.03. The Morgan fingerprint density at radius 2 is 1.48 bits per heavy atom. The van der Waals surface area contributed by atoms with Crippen molar-refractivity contribution in [1.29, 1.82) is 0 Å². The van der Waals surface area contributed by atoms with Crippen molar-refractivity contribution in [1.82, 2.24) is 0 Å². The van der Waals surface area contributed by atoms with Gasteiger partial charge in [0.2, 0.25) is 11.8 Å². The van der Waals surface area contributed by atoms with Crippen molar-refractivity contribution < 1.29 is 31.5 Å². The van der Waals surface area contributed by atoms with Gasteiger partial charge in [0.1, 0.15) is 11.6 Å². The molecule has 27 heavy (non-hydrogen) atoms. The van der Waals surface area contributed by atoms with E-state index in [1.54, 1.807) is 0 Å². The van der Waals surface area contributed by atoms with Crippen LogP contribution in [0.25, 0.3) is 0 Å². The van der Waals surface area contributed by atoms with Gasteiger partial charge in [0.25, 0.3) is 0 Å². The molecule has 142 valence electrons. The zero-order valence-electron chi connectivity index (χ0n) is 13.6. The third-order valence-corrected chi connectivity index (χ3v) is 4.14. The summed E-state index contributed by atoms with van der Waals surface area (Å²) in [5.74, 6) is -4.79. The highest BCUT2D eigenvalue weighted by atomic mass is 19.4. The van der Waals surface area contributed by atoms with E-state index in [1.807, 2.05) is 0 Å². The summed E-state index contributed by atoms with van der Waals surface area (Å²) in [5, 5.41) is 4.43. The second-order valence-electron chi connectivity index (χ2n) is 6.09. The maximum absolute atomic E-state index is 13.6. The first-order valence-corrected chi connectivity index (χ1v) is 7.90. The third kappa shape index (κ3) is 4.24. The second kappa shape index (κ2) is 6.98. The summed E-state index contributed by atoms with van der Waals surface area (Å²) in [4.78, 5) is 24.2. The number of para-hydroxylation sites is 1. The van der Waals surface area contributed by atoms with Crippen molar-refractivity contribution in [2.45, 2.75) is 12.6 Å². The number of hydrogen-bond acceptors (Lipinski definition) is 2. The molecule has 0 radical (unpaired) electrons. The Kier molecular flexibility index (Phi) is 4.86. The number of alkyl halides is 3. The van der Waals surface area contributed by atoms with Crippen molar-refractivity contribution in [2.24, 2.45) is 11.8 Å². The van der Waals surface area contributed by atoms with Crippen molar-refractivity contribution in [3.8, 4) is 0 Å². The summed E-state index contributed by atoms with van der Waals surface area (Å²) >= 11 is 0. The second-order valence-corrected chi connectivity index (χ2v) is 6.09.